The monoisotopic (exact) mass is 436 g/mol. The molecule has 5 heteroatoms. The van der Waals surface area contributed by atoms with Crippen LogP contribution < -0.4 is 10.1 Å². The van der Waals surface area contributed by atoms with E-state index in [4.69, 9.17) is 4.74 Å². The summed E-state index contributed by atoms with van der Waals surface area (Å²) < 4.78 is 5.76. The third kappa shape index (κ3) is 7.11. The molecule has 32 heavy (non-hydrogen) atoms. The molecule has 0 spiro atoms. The van der Waals surface area contributed by atoms with Crippen molar-refractivity contribution in [3.8, 4) is 5.75 Å². The Balaban J connectivity index is 1.68. The maximum Gasteiger partial charge on any atom is 0.261 e. The first-order chi connectivity index (χ1) is 15.6. The quantitative estimate of drug-likeness (QED) is 0.589. The molecule has 0 aromatic heterocycles. The van der Waals surface area contributed by atoms with E-state index < -0.39 is 6.04 Å². The van der Waals surface area contributed by atoms with Crippen LogP contribution >= 0.6 is 0 Å². The van der Waals surface area contributed by atoms with Crippen molar-refractivity contribution >= 4 is 11.8 Å². The first-order valence-electron chi connectivity index (χ1n) is 11.9. The van der Waals surface area contributed by atoms with Crippen molar-refractivity contribution in [1.29, 1.82) is 0 Å². The van der Waals surface area contributed by atoms with Gasteiger partial charge in [-0.2, -0.15) is 0 Å². The summed E-state index contributed by atoms with van der Waals surface area (Å²) in [6, 6.07) is 17.4. The van der Waals surface area contributed by atoms with Crippen LogP contribution in [0.25, 0.3) is 0 Å². The number of carbonyl (C=O) groups excluding carboxylic acids is 2. The van der Waals surface area contributed by atoms with Gasteiger partial charge in [-0.25, -0.2) is 0 Å². The van der Waals surface area contributed by atoms with Crippen LogP contribution in [-0.2, 0) is 16.0 Å². The SMILES string of the molecule is CC[C@@H](C(=O)NC1CCCCC1)N(CCc1ccccc1)C(=O)COc1ccc(C)cc1. The lowest BCUT2D eigenvalue weighted by Crippen LogP contribution is -2.53. The van der Waals surface area contributed by atoms with Gasteiger partial charge in [-0.05, 0) is 50.3 Å². The third-order valence-electron chi connectivity index (χ3n) is 6.20. The Morgan fingerprint density at radius 2 is 1.72 bits per heavy atom. The Hall–Kier alpha value is -2.82. The highest BCUT2D eigenvalue weighted by atomic mass is 16.5. The molecule has 1 aliphatic carbocycles. The number of hydrogen-bond donors (Lipinski definition) is 1. The highest BCUT2D eigenvalue weighted by molar-refractivity contribution is 5.88. The van der Waals surface area contributed by atoms with Crippen LogP contribution in [0.2, 0.25) is 0 Å². The van der Waals surface area contributed by atoms with Gasteiger partial charge in [-0.3, -0.25) is 9.59 Å². The third-order valence-corrected chi connectivity index (χ3v) is 6.20. The predicted molar refractivity (Wildman–Crippen MR) is 128 cm³/mol. The van der Waals surface area contributed by atoms with Gasteiger partial charge in [0.2, 0.25) is 5.91 Å². The fourth-order valence-electron chi connectivity index (χ4n) is 4.30. The summed E-state index contributed by atoms with van der Waals surface area (Å²) in [6.07, 6.45) is 6.87. The maximum absolute atomic E-state index is 13.2. The Labute approximate surface area is 192 Å². The lowest BCUT2D eigenvalue weighted by molar-refractivity contribution is -0.142. The van der Waals surface area contributed by atoms with Gasteiger partial charge >= 0.3 is 0 Å². The molecule has 0 aliphatic heterocycles. The Kier molecular flexibility index (Phi) is 9.14. The second kappa shape index (κ2) is 12.3. The minimum absolute atomic E-state index is 0.0452. The number of aryl methyl sites for hydroxylation is 1. The van der Waals surface area contributed by atoms with Crippen LogP contribution in [-0.4, -0.2) is 41.9 Å². The van der Waals surface area contributed by atoms with Crippen molar-refractivity contribution in [2.75, 3.05) is 13.2 Å². The van der Waals surface area contributed by atoms with Crippen molar-refractivity contribution in [3.63, 3.8) is 0 Å². The second-order valence-electron chi connectivity index (χ2n) is 8.69. The molecule has 1 fully saturated rings. The predicted octanol–water partition coefficient (Wildman–Crippen LogP) is 4.67. The number of ether oxygens (including phenoxy) is 1. The first kappa shape index (κ1) is 23.8. The van der Waals surface area contributed by atoms with Gasteiger partial charge < -0.3 is 15.0 Å². The number of hydrogen-bond acceptors (Lipinski definition) is 3. The Bertz CT molecular complexity index is 845. The highest BCUT2D eigenvalue weighted by Gasteiger charge is 2.30. The maximum atomic E-state index is 13.2. The summed E-state index contributed by atoms with van der Waals surface area (Å²) in [6.45, 7) is 4.38. The van der Waals surface area contributed by atoms with Crippen LogP contribution in [0.3, 0.4) is 0 Å². The van der Waals surface area contributed by atoms with Crippen molar-refractivity contribution in [2.24, 2.45) is 0 Å². The summed E-state index contributed by atoms with van der Waals surface area (Å²) in [5.74, 6) is 0.454. The molecule has 0 bridgehead atoms. The zero-order valence-corrected chi connectivity index (χ0v) is 19.4. The molecular weight excluding hydrogens is 400 g/mol. The number of amides is 2. The topological polar surface area (TPSA) is 58.6 Å². The van der Waals surface area contributed by atoms with E-state index in [9.17, 15) is 9.59 Å². The summed E-state index contributed by atoms with van der Waals surface area (Å²) in [5.41, 5.74) is 2.28. The number of benzene rings is 2. The summed E-state index contributed by atoms with van der Waals surface area (Å²) >= 11 is 0. The van der Waals surface area contributed by atoms with Gasteiger partial charge in [-0.1, -0.05) is 74.2 Å². The lowest BCUT2D eigenvalue weighted by atomic mass is 9.95. The molecule has 0 saturated heterocycles. The standard InChI is InChI=1S/C27H36N2O3/c1-3-25(27(31)28-23-12-8-5-9-13-23)29(19-18-22-10-6-4-7-11-22)26(30)20-32-24-16-14-21(2)15-17-24/h4,6-7,10-11,14-17,23,25H,3,5,8-9,12-13,18-20H2,1-2H3,(H,28,31)/t25-/m0/s1. The molecule has 0 heterocycles. The van der Waals surface area contributed by atoms with Gasteiger partial charge in [0.15, 0.2) is 6.61 Å². The molecule has 1 atom stereocenters. The average Bonchev–Trinajstić information content (AvgIpc) is 2.82. The number of rotatable bonds is 10. The van der Waals surface area contributed by atoms with E-state index >= 15 is 0 Å². The minimum Gasteiger partial charge on any atom is -0.484 e. The zero-order chi connectivity index (χ0) is 22.8. The van der Waals surface area contributed by atoms with Crippen molar-refractivity contribution < 1.29 is 14.3 Å². The van der Waals surface area contributed by atoms with Gasteiger partial charge in [0.25, 0.3) is 5.91 Å². The van der Waals surface area contributed by atoms with E-state index in [0.717, 1.165) is 36.8 Å². The number of carbonyl (C=O) groups is 2. The van der Waals surface area contributed by atoms with Crippen LogP contribution in [0.15, 0.2) is 54.6 Å². The second-order valence-corrected chi connectivity index (χ2v) is 8.69. The molecule has 1 aliphatic rings. The highest BCUT2D eigenvalue weighted by Crippen LogP contribution is 2.19. The van der Waals surface area contributed by atoms with Crippen molar-refractivity contribution in [2.45, 2.75) is 70.9 Å². The largest absolute Gasteiger partial charge is 0.484 e. The van der Waals surface area contributed by atoms with Gasteiger partial charge in [-0.15, -0.1) is 0 Å². The molecule has 2 aromatic carbocycles. The molecule has 2 amide bonds. The van der Waals surface area contributed by atoms with Crippen LogP contribution in [0.1, 0.15) is 56.6 Å². The minimum atomic E-state index is -0.491. The zero-order valence-electron chi connectivity index (χ0n) is 19.4. The van der Waals surface area contributed by atoms with E-state index in [1.165, 1.54) is 6.42 Å². The smallest absolute Gasteiger partial charge is 0.261 e. The summed E-state index contributed by atoms with van der Waals surface area (Å²) in [4.78, 5) is 28.1. The van der Waals surface area contributed by atoms with Crippen LogP contribution in [0.5, 0.6) is 5.75 Å². The molecule has 1 saturated carbocycles. The van der Waals surface area contributed by atoms with Gasteiger partial charge in [0.1, 0.15) is 11.8 Å². The molecule has 2 aromatic rings. The Morgan fingerprint density at radius 1 is 1.03 bits per heavy atom. The number of nitrogens with one attached hydrogen (secondary N) is 1. The molecule has 3 rings (SSSR count). The lowest BCUT2D eigenvalue weighted by Gasteiger charge is -2.32. The van der Waals surface area contributed by atoms with E-state index in [2.05, 4.69) is 17.4 Å². The molecule has 0 radical (unpaired) electrons. The molecule has 0 unspecified atom stereocenters. The van der Waals surface area contributed by atoms with Crippen molar-refractivity contribution in [1.82, 2.24) is 10.2 Å². The number of nitrogens with zero attached hydrogens (tertiary/aromatic N) is 1. The van der Waals surface area contributed by atoms with Crippen LogP contribution in [0, 0.1) is 6.92 Å². The average molecular weight is 437 g/mol. The van der Waals surface area contributed by atoms with E-state index in [0.29, 0.717) is 25.1 Å². The molecular formula is C27H36N2O3. The van der Waals surface area contributed by atoms with Gasteiger partial charge in [0, 0.05) is 12.6 Å². The van der Waals surface area contributed by atoms with Crippen LogP contribution in [0.4, 0.5) is 0 Å². The van der Waals surface area contributed by atoms with E-state index in [-0.39, 0.29) is 24.5 Å². The van der Waals surface area contributed by atoms with E-state index in [1.807, 2.05) is 56.3 Å². The first-order valence-corrected chi connectivity index (χ1v) is 11.9. The fraction of sp³-hybridized carbons (Fsp3) is 0.481. The fourth-order valence-corrected chi connectivity index (χ4v) is 4.30. The van der Waals surface area contributed by atoms with E-state index in [1.54, 1.807) is 4.90 Å². The molecule has 1 N–H and O–H groups in total. The molecule has 172 valence electrons. The summed E-state index contributed by atoms with van der Waals surface area (Å²) in [7, 11) is 0. The molecule has 5 nitrogen and oxygen atoms in total. The summed E-state index contributed by atoms with van der Waals surface area (Å²) in [5, 5.41) is 3.21. The Morgan fingerprint density at radius 3 is 2.38 bits per heavy atom. The van der Waals surface area contributed by atoms with Crippen molar-refractivity contribution in [3.05, 3.63) is 65.7 Å². The van der Waals surface area contributed by atoms with Gasteiger partial charge in [0.05, 0.1) is 0 Å². The normalized spacial score (nSPS) is 15.1.